The molecule has 1 atom stereocenters. The fourth-order valence-corrected chi connectivity index (χ4v) is 1.39. The first-order valence-electron chi connectivity index (χ1n) is 3.93. The highest BCUT2D eigenvalue weighted by molar-refractivity contribution is 4.78. The smallest absolute Gasteiger partial charge is 0.260 e. The van der Waals surface area contributed by atoms with E-state index in [2.05, 4.69) is 5.32 Å². The Morgan fingerprint density at radius 1 is 1.55 bits per heavy atom. The molecule has 0 amide bonds. The van der Waals surface area contributed by atoms with Crippen LogP contribution < -0.4 is 11.1 Å². The monoisotopic (exact) mass is 164 g/mol. The van der Waals surface area contributed by atoms with Gasteiger partial charge in [-0.3, -0.25) is 0 Å². The number of hydrogen-bond donors (Lipinski definition) is 2. The van der Waals surface area contributed by atoms with Crippen molar-refractivity contribution in [3.8, 4) is 0 Å². The third-order valence-corrected chi connectivity index (χ3v) is 2.05. The molecule has 0 aliphatic carbocycles. The second-order valence-corrected chi connectivity index (χ2v) is 3.12. The summed E-state index contributed by atoms with van der Waals surface area (Å²) in [5, 5.41) is 3.04. The molecule has 0 saturated carbocycles. The lowest BCUT2D eigenvalue weighted by molar-refractivity contribution is -0.0113. The molecule has 1 saturated heterocycles. The van der Waals surface area contributed by atoms with Crippen molar-refractivity contribution in [1.29, 1.82) is 0 Å². The number of rotatable bonds is 3. The summed E-state index contributed by atoms with van der Waals surface area (Å²) in [5.74, 6) is -2.54. The molecular weight excluding hydrogens is 150 g/mol. The standard InChI is InChI=1S/C7H14F2N2/c8-7(9,5-10)3-6-1-2-11-4-6/h6,11H,1-5,10H2. The van der Waals surface area contributed by atoms with Crippen LogP contribution in [0.5, 0.6) is 0 Å². The van der Waals surface area contributed by atoms with E-state index in [0.29, 0.717) is 0 Å². The summed E-state index contributed by atoms with van der Waals surface area (Å²) in [6.07, 6.45) is 0.798. The van der Waals surface area contributed by atoms with E-state index in [1.54, 1.807) is 0 Å². The van der Waals surface area contributed by atoms with Gasteiger partial charge in [0.1, 0.15) is 0 Å². The van der Waals surface area contributed by atoms with Gasteiger partial charge in [-0.25, -0.2) is 8.78 Å². The Kier molecular flexibility index (Phi) is 2.78. The van der Waals surface area contributed by atoms with Gasteiger partial charge in [-0.2, -0.15) is 0 Å². The molecule has 0 aromatic heterocycles. The minimum absolute atomic E-state index is 0.0590. The second kappa shape index (κ2) is 3.45. The molecule has 1 rings (SSSR count). The first kappa shape index (κ1) is 8.87. The van der Waals surface area contributed by atoms with Crippen LogP contribution in [0.15, 0.2) is 0 Å². The molecule has 1 aliphatic heterocycles. The molecule has 0 bridgehead atoms. The normalized spacial score (nSPS) is 25.9. The van der Waals surface area contributed by atoms with Crippen molar-refractivity contribution in [3.05, 3.63) is 0 Å². The Morgan fingerprint density at radius 3 is 2.73 bits per heavy atom. The van der Waals surface area contributed by atoms with E-state index in [-0.39, 0.29) is 12.3 Å². The van der Waals surface area contributed by atoms with Crippen molar-refractivity contribution in [2.75, 3.05) is 19.6 Å². The molecule has 11 heavy (non-hydrogen) atoms. The van der Waals surface area contributed by atoms with Gasteiger partial charge in [-0.15, -0.1) is 0 Å². The number of halogens is 2. The Hall–Kier alpha value is -0.220. The van der Waals surface area contributed by atoms with Crippen molar-refractivity contribution >= 4 is 0 Å². The van der Waals surface area contributed by atoms with Gasteiger partial charge in [0.15, 0.2) is 0 Å². The third kappa shape index (κ3) is 2.71. The van der Waals surface area contributed by atoms with Crippen LogP contribution in [0.2, 0.25) is 0 Å². The van der Waals surface area contributed by atoms with Crippen LogP contribution in [0.3, 0.4) is 0 Å². The van der Waals surface area contributed by atoms with Gasteiger partial charge in [0, 0.05) is 6.42 Å². The van der Waals surface area contributed by atoms with E-state index in [1.165, 1.54) is 0 Å². The number of hydrogen-bond acceptors (Lipinski definition) is 2. The van der Waals surface area contributed by atoms with Crippen molar-refractivity contribution in [1.82, 2.24) is 5.32 Å². The highest BCUT2D eigenvalue weighted by Crippen LogP contribution is 2.25. The summed E-state index contributed by atoms with van der Waals surface area (Å²) in [4.78, 5) is 0. The predicted molar refractivity (Wildman–Crippen MR) is 39.6 cm³/mol. The van der Waals surface area contributed by atoms with Gasteiger partial charge < -0.3 is 11.1 Å². The first-order valence-corrected chi connectivity index (χ1v) is 3.93. The van der Waals surface area contributed by atoms with E-state index in [1.807, 2.05) is 0 Å². The van der Waals surface area contributed by atoms with Crippen LogP contribution in [-0.4, -0.2) is 25.6 Å². The lowest BCUT2D eigenvalue weighted by Crippen LogP contribution is -2.30. The van der Waals surface area contributed by atoms with E-state index < -0.39 is 12.5 Å². The zero-order valence-corrected chi connectivity index (χ0v) is 6.45. The number of alkyl halides is 2. The van der Waals surface area contributed by atoms with Crippen molar-refractivity contribution in [2.24, 2.45) is 11.7 Å². The van der Waals surface area contributed by atoms with Gasteiger partial charge in [-0.05, 0) is 25.4 Å². The minimum Gasteiger partial charge on any atom is -0.325 e. The van der Waals surface area contributed by atoms with Crippen LogP contribution in [0.4, 0.5) is 8.78 Å². The molecule has 1 fully saturated rings. The molecule has 2 nitrogen and oxygen atoms in total. The quantitative estimate of drug-likeness (QED) is 0.640. The van der Waals surface area contributed by atoms with Gasteiger partial charge in [0.2, 0.25) is 0 Å². The average molecular weight is 164 g/mol. The fourth-order valence-electron chi connectivity index (χ4n) is 1.39. The van der Waals surface area contributed by atoms with Gasteiger partial charge >= 0.3 is 0 Å². The fraction of sp³-hybridized carbons (Fsp3) is 1.00. The highest BCUT2D eigenvalue weighted by atomic mass is 19.3. The largest absolute Gasteiger partial charge is 0.325 e. The van der Waals surface area contributed by atoms with Crippen molar-refractivity contribution in [3.63, 3.8) is 0 Å². The molecule has 66 valence electrons. The lowest BCUT2D eigenvalue weighted by Gasteiger charge is -2.17. The van der Waals surface area contributed by atoms with Crippen molar-refractivity contribution in [2.45, 2.75) is 18.8 Å². The minimum atomic E-state index is -2.66. The van der Waals surface area contributed by atoms with Gasteiger partial charge in [-0.1, -0.05) is 0 Å². The molecule has 1 unspecified atom stereocenters. The van der Waals surface area contributed by atoms with Gasteiger partial charge in [0.25, 0.3) is 5.92 Å². The summed E-state index contributed by atoms with van der Waals surface area (Å²) in [7, 11) is 0. The number of nitrogens with two attached hydrogens (primary N) is 1. The lowest BCUT2D eigenvalue weighted by atomic mass is 10.0. The summed E-state index contributed by atoms with van der Waals surface area (Å²) in [6, 6.07) is 0. The molecule has 3 N–H and O–H groups in total. The molecule has 0 aromatic carbocycles. The predicted octanol–water partition coefficient (Wildman–Crippen LogP) is 0.580. The summed E-state index contributed by atoms with van der Waals surface area (Å²) in [5.41, 5.74) is 4.91. The molecule has 0 radical (unpaired) electrons. The molecular formula is C7H14F2N2. The molecule has 0 spiro atoms. The maximum Gasteiger partial charge on any atom is 0.260 e. The highest BCUT2D eigenvalue weighted by Gasteiger charge is 2.31. The molecule has 1 aliphatic rings. The Balaban J connectivity index is 2.28. The van der Waals surface area contributed by atoms with Crippen molar-refractivity contribution < 1.29 is 8.78 Å². The summed E-state index contributed by atoms with van der Waals surface area (Å²) < 4.78 is 25.3. The Labute approximate surface area is 65.1 Å². The van der Waals surface area contributed by atoms with E-state index in [4.69, 9.17) is 5.73 Å². The van der Waals surface area contributed by atoms with E-state index in [9.17, 15) is 8.78 Å². The topological polar surface area (TPSA) is 38.0 Å². The van der Waals surface area contributed by atoms with E-state index >= 15 is 0 Å². The summed E-state index contributed by atoms with van der Waals surface area (Å²) in [6.45, 7) is 1.06. The van der Waals surface area contributed by atoms with Crippen LogP contribution in [0, 0.1) is 5.92 Å². The van der Waals surface area contributed by atoms with Crippen LogP contribution in [-0.2, 0) is 0 Å². The maximum absolute atomic E-state index is 12.7. The Bertz CT molecular complexity index is 122. The SMILES string of the molecule is NCC(F)(F)CC1CCNC1. The summed E-state index contributed by atoms with van der Waals surface area (Å²) >= 11 is 0. The molecule has 4 heteroatoms. The van der Waals surface area contributed by atoms with Crippen LogP contribution >= 0.6 is 0 Å². The van der Waals surface area contributed by atoms with E-state index in [0.717, 1.165) is 19.5 Å². The zero-order valence-electron chi connectivity index (χ0n) is 6.45. The van der Waals surface area contributed by atoms with Crippen LogP contribution in [0.25, 0.3) is 0 Å². The van der Waals surface area contributed by atoms with Gasteiger partial charge in [0.05, 0.1) is 6.54 Å². The zero-order chi connectivity index (χ0) is 8.32. The van der Waals surface area contributed by atoms with Crippen LogP contribution in [0.1, 0.15) is 12.8 Å². The molecule has 0 aromatic rings. The Morgan fingerprint density at radius 2 is 2.27 bits per heavy atom. The molecule has 1 heterocycles. The first-order chi connectivity index (χ1) is 5.14. The second-order valence-electron chi connectivity index (χ2n) is 3.12. The maximum atomic E-state index is 12.7. The average Bonchev–Trinajstić information content (AvgIpc) is 2.39. The number of nitrogens with one attached hydrogen (secondary N) is 1. The third-order valence-electron chi connectivity index (χ3n) is 2.05.